The molecule has 1 rings (SSSR count). The Bertz CT molecular complexity index is 335. The number of carbonyl (C=O) groups is 1. The largest absolute Gasteiger partial charge is 0.382 e. The van der Waals surface area contributed by atoms with Crippen LogP contribution in [-0.4, -0.2) is 25.7 Å². The molecule has 0 aliphatic carbocycles. The molecular weight excluding hydrogens is 358 g/mol. The van der Waals surface area contributed by atoms with Crippen molar-refractivity contribution in [2.45, 2.75) is 13.3 Å². The van der Waals surface area contributed by atoms with Crippen LogP contribution in [0.3, 0.4) is 0 Å². The van der Waals surface area contributed by atoms with Gasteiger partial charge in [0.2, 0.25) is 0 Å². The van der Waals surface area contributed by atoms with Gasteiger partial charge in [-0.15, -0.1) is 11.3 Å². The molecule has 90 valence electrons. The third-order valence-corrected chi connectivity index (χ3v) is 5.08. The molecule has 0 saturated heterocycles. The Balaban J connectivity index is 2.30. The van der Waals surface area contributed by atoms with Crippen LogP contribution in [0.4, 0.5) is 0 Å². The van der Waals surface area contributed by atoms with Crippen LogP contribution in [0.25, 0.3) is 0 Å². The number of thiophene rings is 1. The molecule has 0 unspecified atom stereocenters. The number of rotatable bonds is 6. The second kappa shape index (κ2) is 7.42. The van der Waals surface area contributed by atoms with Gasteiger partial charge in [0.15, 0.2) is 0 Å². The topological polar surface area (TPSA) is 38.3 Å². The number of amides is 1. The summed E-state index contributed by atoms with van der Waals surface area (Å²) in [5, 5.41) is 2.85. The first-order valence-corrected chi connectivity index (χ1v) is 7.36. The summed E-state index contributed by atoms with van der Waals surface area (Å²) >= 11 is 8.13. The Kier molecular flexibility index (Phi) is 6.57. The molecule has 0 aliphatic heterocycles. The first kappa shape index (κ1) is 14.2. The molecule has 0 aromatic carbocycles. The Morgan fingerprint density at radius 1 is 1.56 bits per heavy atom. The highest BCUT2D eigenvalue weighted by Crippen LogP contribution is 2.32. The summed E-state index contributed by atoms with van der Waals surface area (Å²) in [5.41, 5.74) is 0. The standard InChI is InChI=1S/C10H13Br2NO2S/c1-2-15-5-3-4-13-10(14)8-6-7(11)9(12)16-8/h6H,2-5H2,1H3,(H,13,14). The average Bonchev–Trinajstić information content (AvgIpc) is 2.59. The number of carbonyl (C=O) groups excluding carboxylic acids is 1. The van der Waals surface area contributed by atoms with Crippen LogP contribution in [-0.2, 0) is 4.74 Å². The quantitative estimate of drug-likeness (QED) is 0.779. The lowest BCUT2D eigenvalue weighted by atomic mass is 10.4. The molecule has 3 nitrogen and oxygen atoms in total. The van der Waals surface area contributed by atoms with Gasteiger partial charge in [-0.25, -0.2) is 0 Å². The smallest absolute Gasteiger partial charge is 0.261 e. The molecule has 0 saturated carbocycles. The molecule has 0 bridgehead atoms. The van der Waals surface area contributed by atoms with Gasteiger partial charge in [0.05, 0.1) is 8.66 Å². The maximum atomic E-state index is 11.7. The molecule has 16 heavy (non-hydrogen) atoms. The Hall–Kier alpha value is 0.0900. The van der Waals surface area contributed by atoms with Crippen molar-refractivity contribution in [3.63, 3.8) is 0 Å². The molecule has 0 spiro atoms. The molecule has 1 amide bonds. The van der Waals surface area contributed by atoms with Crippen molar-refractivity contribution in [3.8, 4) is 0 Å². The average molecular weight is 371 g/mol. The Morgan fingerprint density at radius 3 is 2.88 bits per heavy atom. The fraction of sp³-hybridized carbons (Fsp3) is 0.500. The zero-order valence-corrected chi connectivity index (χ0v) is 12.9. The summed E-state index contributed by atoms with van der Waals surface area (Å²) < 4.78 is 7.03. The van der Waals surface area contributed by atoms with Crippen LogP contribution >= 0.6 is 43.2 Å². The summed E-state index contributed by atoms with van der Waals surface area (Å²) in [7, 11) is 0. The van der Waals surface area contributed by atoms with Crippen LogP contribution in [0.15, 0.2) is 14.3 Å². The van der Waals surface area contributed by atoms with E-state index in [9.17, 15) is 4.79 Å². The van der Waals surface area contributed by atoms with Crippen molar-refractivity contribution in [2.24, 2.45) is 0 Å². The van der Waals surface area contributed by atoms with E-state index in [2.05, 4.69) is 37.2 Å². The van der Waals surface area contributed by atoms with Gasteiger partial charge in [0, 0.05) is 24.2 Å². The third kappa shape index (κ3) is 4.53. The highest BCUT2D eigenvalue weighted by molar-refractivity contribution is 9.13. The molecule has 1 aromatic rings. The zero-order chi connectivity index (χ0) is 12.0. The molecule has 0 atom stereocenters. The SMILES string of the molecule is CCOCCCNC(=O)c1cc(Br)c(Br)s1. The fourth-order valence-electron chi connectivity index (χ4n) is 1.07. The van der Waals surface area contributed by atoms with E-state index in [0.29, 0.717) is 18.0 Å². The second-order valence-electron chi connectivity index (χ2n) is 3.04. The van der Waals surface area contributed by atoms with Gasteiger partial charge in [-0.2, -0.15) is 0 Å². The van der Waals surface area contributed by atoms with Crippen LogP contribution in [0.1, 0.15) is 23.0 Å². The fourth-order valence-corrected chi connectivity index (χ4v) is 3.02. The minimum absolute atomic E-state index is 0.0344. The molecule has 0 fully saturated rings. The molecule has 0 aliphatic rings. The van der Waals surface area contributed by atoms with Gasteiger partial charge >= 0.3 is 0 Å². The summed E-state index contributed by atoms with van der Waals surface area (Å²) in [6.07, 6.45) is 0.841. The highest BCUT2D eigenvalue weighted by Gasteiger charge is 2.10. The van der Waals surface area contributed by atoms with Crippen molar-refractivity contribution in [3.05, 3.63) is 19.2 Å². The van der Waals surface area contributed by atoms with Crippen molar-refractivity contribution < 1.29 is 9.53 Å². The predicted octanol–water partition coefficient (Wildman–Crippen LogP) is 3.43. The van der Waals surface area contributed by atoms with E-state index in [0.717, 1.165) is 21.3 Å². The molecule has 0 radical (unpaired) electrons. The lowest BCUT2D eigenvalue weighted by Gasteiger charge is -2.03. The van der Waals surface area contributed by atoms with E-state index in [1.54, 1.807) is 0 Å². The van der Waals surface area contributed by atoms with Gasteiger partial charge in [-0.1, -0.05) is 0 Å². The maximum Gasteiger partial charge on any atom is 0.261 e. The van der Waals surface area contributed by atoms with Crippen LogP contribution in [0.5, 0.6) is 0 Å². The summed E-state index contributed by atoms with van der Waals surface area (Å²) in [4.78, 5) is 12.4. The van der Waals surface area contributed by atoms with Crippen LogP contribution in [0.2, 0.25) is 0 Å². The van der Waals surface area contributed by atoms with Crippen molar-refractivity contribution in [1.29, 1.82) is 0 Å². The molecule has 1 N–H and O–H groups in total. The molecule has 6 heteroatoms. The maximum absolute atomic E-state index is 11.7. The van der Waals surface area contributed by atoms with Crippen molar-refractivity contribution in [2.75, 3.05) is 19.8 Å². The van der Waals surface area contributed by atoms with E-state index in [1.165, 1.54) is 11.3 Å². The molecule has 1 aromatic heterocycles. The van der Waals surface area contributed by atoms with E-state index in [4.69, 9.17) is 4.74 Å². The van der Waals surface area contributed by atoms with Gasteiger partial charge in [0.1, 0.15) is 0 Å². The summed E-state index contributed by atoms with van der Waals surface area (Å²) in [6, 6.07) is 1.81. The highest BCUT2D eigenvalue weighted by atomic mass is 79.9. The first-order valence-electron chi connectivity index (χ1n) is 4.96. The zero-order valence-electron chi connectivity index (χ0n) is 8.89. The Labute approximate surface area is 116 Å². The lowest BCUT2D eigenvalue weighted by molar-refractivity contribution is 0.0948. The van der Waals surface area contributed by atoms with Gasteiger partial charge < -0.3 is 10.1 Å². The Morgan fingerprint density at radius 2 is 2.31 bits per heavy atom. The van der Waals surface area contributed by atoms with E-state index in [-0.39, 0.29) is 5.91 Å². The minimum atomic E-state index is -0.0344. The third-order valence-electron chi connectivity index (χ3n) is 1.82. The monoisotopic (exact) mass is 369 g/mol. The van der Waals surface area contributed by atoms with Gasteiger partial charge in [0.25, 0.3) is 5.91 Å². The number of halogens is 2. The van der Waals surface area contributed by atoms with E-state index < -0.39 is 0 Å². The molecular formula is C10H13Br2NO2S. The number of hydrogen-bond donors (Lipinski definition) is 1. The predicted molar refractivity (Wildman–Crippen MR) is 73.2 cm³/mol. The van der Waals surface area contributed by atoms with Crippen molar-refractivity contribution in [1.82, 2.24) is 5.32 Å². The minimum Gasteiger partial charge on any atom is -0.382 e. The van der Waals surface area contributed by atoms with E-state index >= 15 is 0 Å². The second-order valence-corrected chi connectivity index (χ2v) is 6.26. The van der Waals surface area contributed by atoms with Gasteiger partial charge in [-0.05, 0) is 51.3 Å². The summed E-state index contributed by atoms with van der Waals surface area (Å²) in [5.74, 6) is -0.0344. The van der Waals surface area contributed by atoms with Crippen LogP contribution < -0.4 is 5.32 Å². The number of hydrogen-bond acceptors (Lipinski definition) is 3. The van der Waals surface area contributed by atoms with Crippen LogP contribution in [0, 0.1) is 0 Å². The van der Waals surface area contributed by atoms with Gasteiger partial charge in [-0.3, -0.25) is 4.79 Å². The number of nitrogens with one attached hydrogen (secondary N) is 1. The normalized spacial score (nSPS) is 10.4. The molecule has 1 heterocycles. The lowest BCUT2D eigenvalue weighted by Crippen LogP contribution is -2.24. The number of ether oxygens (including phenoxy) is 1. The van der Waals surface area contributed by atoms with E-state index in [1.807, 2.05) is 13.0 Å². The first-order chi connectivity index (χ1) is 7.65. The summed E-state index contributed by atoms with van der Waals surface area (Å²) in [6.45, 7) is 4.01. The van der Waals surface area contributed by atoms with Crippen molar-refractivity contribution >= 4 is 49.1 Å².